The zero-order valence-corrected chi connectivity index (χ0v) is 14.2. The van der Waals surface area contributed by atoms with Gasteiger partial charge in [0, 0.05) is 11.8 Å². The Morgan fingerprint density at radius 2 is 1.96 bits per heavy atom. The molecule has 0 radical (unpaired) electrons. The molecule has 2 heterocycles. The van der Waals surface area contributed by atoms with Crippen molar-refractivity contribution in [1.29, 1.82) is 0 Å². The van der Waals surface area contributed by atoms with Gasteiger partial charge in [-0.1, -0.05) is 19.1 Å². The minimum atomic E-state index is -3.65. The van der Waals surface area contributed by atoms with E-state index in [4.69, 9.17) is 4.42 Å². The van der Waals surface area contributed by atoms with Gasteiger partial charge in [0.15, 0.2) is 0 Å². The topological polar surface area (TPSA) is 85.1 Å². The summed E-state index contributed by atoms with van der Waals surface area (Å²) in [5.74, 6) is 0.699. The molecule has 0 unspecified atom stereocenters. The van der Waals surface area contributed by atoms with Gasteiger partial charge >= 0.3 is 0 Å². The molecular weight excluding hydrogens is 334 g/mol. The molecular formula is C15H15N3O3S2. The predicted octanol–water partition coefficient (Wildman–Crippen LogP) is 3.47. The Kier molecular flexibility index (Phi) is 4.18. The predicted molar refractivity (Wildman–Crippen MR) is 89.0 cm³/mol. The third-order valence-electron chi connectivity index (χ3n) is 3.18. The second-order valence-corrected chi connectivity index (χ2v) is 7.93. The number of aryl methyl sites for hydroxylation is 2. The molecule has 0 spiro atoms. The Morgan fingerprint density at radius 3 is 2.61 bits per heavy atom. The fourth-order valence-electron chi connectivity index (χ4n) is 2.05. The van der Waals surface area contributed by atoms with Crippen LogP contribution in [0.15, 0.2) is 45.0 Å². The summed E-state index contributed by atoms with van der Waals surface area (Å²) in [6.45, 7) is 3.67. The minimum Gasteiger partial charge on any atom is -0.421 e. The lowest BCUT2D eigenvalue weighted by molar-refractivity contribution is 0.533. The van der Waals surface area contributed by atoms with Crippen LogP contribution in [0.25, 0.3) is 11.5 Å². The first-order valence-corrected chi connectivity index (χ1v) is 9.30. The van der Waals surface area contributed by atoms with Crippen molar-refractivity contribution in [2.45, 2.75) is 24.5 Å². The summed E-state index contributed by atoms with van der Waals surface area (Å²) in [6, 6.07) is 10.4. The maximum absolute atomic E-state index is 12.6. The average Bonchev–Trinajstić information content (AvgIpc) is 3.16. The van der Waals surface area contributed by atoms with Crippen LogP contribution in [0.1, 0.15) is 17.7 Å². The van der Waals surface area contributed by atoms with E-state index in [-0.39, 0.29) is 10.1 Å². The van der Waals surface area contributed by atoms with Crippen molar-refractivity contribution in [2.24, 2.45) is 0 Å². The lowest BCUT2D eigenvalue weighted by Gasteiger charge is -2.09. The Bertz CT molecular complexity index is 929. The Morgan fingerprint density at radius 1 is 1.17 bits per heavy atom. The van der Waals surface area contributed by atoms with Gasteiger partial charge in [0.2, 0.25) is 11.8 Å². The van der Waals surface area contributed by atoms with E-state index < -0.39 is 10.0 Å². The van der Waals surface area contributed by atoms with E-state index in [0.717, 1.165) is 11.3 Å². The number of nitrogens with one attached hydrogen (secondary N) is 1. The van der Waals surface area contributed by atoms with Crippen LogP contribution < -0.4 is 4.72 Å². The van der Waals surface area contributed by atoms with Crippen LogP contribution in [0.4, 0.5) is 5.69 Å². The summed E-state index contributed by atoms with van der Waals surface area (Å²) >= 11 is 1.26. The quantitative estimate of drug-likeness (QED) is 0.762. The highest BCUT2D eigenvalue weighted by atomic mass is 32.2. The standard InChI is InChI=1S/C15H15N3O3S2/c1-3-11-8-9-14(22-11)23(19,20)18-13-7-5-4-6-12(13)15-17-16-10(2)21-15/h4-9,18H,3H2,1-2H3. The van der Waals surface area contributed by atoms with Crippen molar-refractivity contribution in [3.05, 3.63) is 47.2 Å². The highest BCUT2D eigenvalue weighted by molar-refractivity contribution is 7.94. The first-order chi connectivity index (χ1) is 11.0. The largest absolute Gasteiger partial charge is 0.421 e. The molecule has 8 heteroatoms. The van der Waals surface area contributed by atoms with Crippen LogP contribution >= 0.6 is 11.3 Å². The monoisotopic (exact) mass is 349 g/mol. The van der Waals surface area contributed by atoms with Crippen molar-refractivity contribution in [3.8, 4) is 11.5 Å². The van der Waals surface area contributed by atoms with Crippen molar-refractivity contribution in [2.75, 3.05) is 4.72 Å². The summed E-state index contributed by atoms with van der Waals surface area (Å²) in [6.07, 6.45) is 0.804. The van der Waals surface area contributed by atoms with Crippen LogP contribution in [-0.2, 0) is 16.4 Å². The molecule has 2 aromatic heterocycles. The molecule has 1 N–H and O–H groups in total. The number of anilines is 1. The maximum Gasteiger partial charge on any atom is 0.271 e. The zero-order chi connectivity index (χ0) is 16.4. The van der Waals surface area contributed by atoms with E-state index in [9.17, 15) is 8.42 Å². The summed E-state index contributed by atoms with van der Waals surface area (Å²) in [5.41, 5.74) is 0.951. The van der Waals surface area contributed by atoms with Gasteiger partial charge < -0.3 is 4.42 Å². The van der Waals surface area contributed by atoms with Crippen molar-refractivity contribution >= 4 is 27.0 Å². The van der Waals surface area contributed by atoms with Gasteiger partial charge in [0.1, 0.15) is 4.21 Å². The molecule has 0 aliphatic rings. The van der Waals surface area contributed by atoms with Crippen LogP contribution in [0.5, 0.6) is 0 Å². The van der Waals surface area contributed by atoms with Gasteiger partial charge in [-0.25, -0.2) is 8.42 Å². The average molecular weight is 349 g/mol. The smallest absolute Gasteiger partial charge is 0.271 e. The fraction of sp³-hybridized carbons (Fsp3) is 0.200. The first kappa shape index (κ1) is 15.7. The fourth-order valence-corrected chi connectivity index (χ4v) is 4.43. The molecule has 120 valence electrons. The van der Waals surface area contributed by atoms with Gasteiger partial charge in [-0.15, -0.1) is 21.5 Å². The number of para-hydroxylation sites is 1. The summed E-state index contributed by atoms with van der Waals surface area (Å²) in [5, 5.41) is 7.73. The molecule has 0 amide bonds. The third-order valence-corrected chi connectivity index (χ3v) is 6.27. The Balaban J connectivity index is 1.97. The lowest BCUT2D eigenvalue weighted by Crippen LogP contribution is -2.12. The molecule has 3 rings (SSSR count). The van der Waals surface area contributed by atoms with Gasteiger partial charge in [0.05, 0.1) is 11.3 Å². The number of thiophene rings is 1. The lowest BCUT2D eigenvalue weighted by atomic mass is 10.2. The van der Waals surface area contributed by atoms with Gasteiger partial charge in [0.25, 0.3) is 10.0 Å². The number of benzene rings is 1. The molecule has 0 saturated heterocycles. The summed E-state index contributed by atoms with van der Waals surface area (Å²) in [4.78, 5) is 1.02. The SMILES string of the molecule is CCc1ccc(S(=O)(=O)Nc2ccccc2-c2nnc(C)o2)s1. The Labute approximate surface area is 138 Å². The van der Waals surface area contributed by atoms with E-state index in [1.807, 2.05) is 13.0 Å². The molecule has 6 nitrogen and oxygen atoms in total. The number of rotatable bonds is 5. The first-order valence-electron chi connectivity index (χ1n) is 7.00. The van der Waals surface area contributed by atoms with Gasteiger partial charge in [-0.05, 0) is 30.7 Å². The van der Waals surface area contributed by atoms with Crippen LogP contribution in [0.2, 0.25) is 0 Å². The summed E-state index contributed by atoms with van der Waals surface area (Å²) < 4.78 is 33.4. The van der Waals surface area contributed by atoms with E-state index in [0.29, 0.717) is 17.1 Å². The zero-order valence-electron chi connectivity index (χ0n) is 12.6. The van der Waals surface area contributed by atoms with E-state index in [2.05, 4.69) is 14.9 Å². The maximum atomic E-state index is 12.6. The van der Waals surface area contributed by atoms with E-state index in [1.165, 1.54) is 11.3 Å². The van der Waals surface area contributed by atoms with Crippen LogP contribution in [0.3, 0.4) is 0 Å². The molecule has 0 aliphatic carbocycles. The number of hydrogen-bond donors (Lipinski definition) is 1. The van der Waals surface area contributed by atoms with Gasteiger partial charge in [-0.2, -0.15) is 0 Å². The molecule has 0 bridgehead atoms. The van der Waals surface area contributed by atoms with Gasteiger partial charge in [-0.3, -0.25) is 4.72 Å². The molecule has 0 fully saturated rings. The van der Waals surface area contributed by atoms with Crippen molar-refractivity contribution in [1.82, 2.24) is 10.2 Å². The molecule has 0 aliphatic heterocycles. The number of nitrogens with zero attached hydrogens (tertiary/aromatic N) is 2. The third kappa shape index (κ3) is 3.27. The van der Waals surface area contributed by atoms with E-state index >= 15 is 0 Å². The molecule has 0 atom stereocenters. The Hall–Kier alpha value is -2.19. The number of aromatic nitrogens is 2. The normalized spacial score (nSPS) is 11.6. The molecule has 0 saturated carbocycles. The number of sulfonamides is 1. The van der Waals surface area contributed by atoms with Crippen LogP contribution in [0, 0.1) is 6.92 Å². The summed E-state index contributed by atoms with van der Waals surface area (Å²) in [7, 11) is -3.65. The molecule has 1 aromatic carbocycles. The minimum absolute atomic E-state index is 0.279. The van der Waals surface area contributed by atoms with Crippen molar-refractivity contribution < 1.29 is 12.8 Å². The van der Waals surface area contributed by atoms with Crippen LogP contribution in [-0.4, -0.2) is 18.6 Å². The highest BCUT2D eigenvalue weighted by Gasteiger charge is 2.20. The number of hydrogen-bond acceptors (Lipinski definition) is 6. The molecule has 3 aromatic rings. The molecule has 23 heavy (non-hydrogen) atoms. The van der Waals surface area contributed by atoms with Crippen molar-refractivity contribution in [3.63, 3.8) is 0 Å². The van der Waals surface area contributed by atoms with E-state index in [1.54, 1.807) is 37.3 Å². The second kappa shape index (κ2) is 6.13. The highest BCUT2D eigenvalue weighted by Crippen LogP contribution is 2.30. The second-order valence-electron chi connectivity index (χ2n) is 4.85.